The van der Waals surface area contributed by atoms with Gasteiger partial charge < -0.3 is 10.2 Å². The number of hydrogen-bond donors (Lipinski definition) is 1. The molecule has 0 aliphatic carbocycles. The van der Waals surface area contributed by atoms with Crippen LogP contribution >= 0.6 is 0 Å². The summed E-state index contributed by atoms with van der Waals surface area (Å²) in [7, 11) is 0. The van der Waals surface area contributed by atoms with Gasteiger partial charge in [-0.1, -0.05) is 36.4 Å². The van der Waals surface area contributed by atoms with Crippen LogP contribution in [0.1, 0.15) is 32.6 Å². The van der Waals surface area contributed by atoms with Crippen molar-refractivity contribution in [2.24, 2.45) is 0 Å². The van der Waals surface area contributed by atoms with Crippen LogP contribution in [0.5, 0.6) is 0 Å². The van der Waals surface area contributed by atoms with Crippen molar-refractivity contribution in [3.63, 3.8) is 0 Å². The van der Waals surface area contributed by atoms with Crippen molar-refractivity contribution in [3.8, 4) is 0 Å². The summed E-state index contributed by atoms with van der Waals surface area (Å²) in [6.45, 7) is 5.70. The van der Waals surface area contributed by atoms with Crippen LogP contribution in [-0.2, 0) is 0 Å². The minimum Gasteiger partial charge on any atom is -0.371 e. The third-order valence-corrected chi connectivity index (χ3v) is 4.63. The van der Waals surface area contributed by atoms with Gasteiger partial charge in [0.1, 0.15) is 0 Å². The van der Waals surface area contributed by atoms with E-state index in [0.29, 0.717) is 0 Å². The lowest BCUT2D eigenvalue weighted by atomic mass is 10.1. The van der Waals surface area contributed by atoms with Crippen molar-refractivity contribution < 1.29 is 0 Å². The largest absolute Gasteiger partial charge is 0.371 e. The molecule has 112 valence electrons. The second kappa shape index (κ2) is 6.95. The molecule has 0 amide bonds. The van der Waals surface area contributed by atoms with Gasteiger partial charge in [-0.25, -0.2) is 0 Å². The molecule has 0 bridgehead atoms. The fourth-order valence-electron chi connectivity index (χ4n) is 3.46. The van der Waals surface area contributed by atoms with E-state index in [1.807, 2.05) is 0 Å². The molecule has 1 saturated heterocycles. The summed E-state index contributed by atoms with van der Waals surface area (Å²) in [5, 5.41) is 6.31. The third kappa shape index (κ3) is 3.38. The summed E-state index contributed by atoms with van der Waals surface area (Å²) < 4.78 is 0. The maximum absolute atomic E-state index is 3.60. The highest BCUT2D eigenvalue weighted by Crippen LogP contribution is 2.27. The highest BCUT2D eigenvalue weighted by molar-refractivity contribution is 5.94. The van der Waals surface area contributed by atoms with Gasteiger partial charge in [-0.2, -0.15) is 0 Å². The summed E-state index contributed by atoms with van der Waals surface area (Å²) in [6.07, 6.45) is 5.29. The van der Waals surface area contributed by atoms with Crippen LogP contribution in [0.25, 0.3) is 10.8 Å². The second-order valence-electron chi connectivity index (χ2n) is 6.01. The molecule has 1 atom stereocenters. The third-order valence-electron chi connectivity index (χ3n) is 4.63. The predicted molar refractivity (Wildman–Crippen MR) is 92.1 cm³/mol. The van der Waals surface area contributed by atoms with Gasteiger partial charge in [0.05, 0.1) is 0 Å². The van der Waals surface area contributed by atoms with E-state index in [2.05, 4.69) is 59.6 Å². The van der Waals surface area contributed by atoms with Crippen LogP contribution in [0.2, 0.25) is 0 Å². The topological polar surface area (TPSA) is 15.3 Å². The SMILES string of the molecule is CCN(CCCC1CCCN1)c1cccc2ccccc12. The van der Waals surface area contributed by atoms with Crippen LogP contribution in [-0.4, -0.2) is 25.7 Å². The quantitative estimate of drug-likeness (QED) is 0.854. The fraction of sp³-hybridized carbons (Fsp3) is 0.474. The highest BCUT2D eigenvalue weighted by Gasteiger charge is 2.14. The molecule has 1 N–H and O–H groups in total. The molecule has 1 fully saturated rings. The summed E-state index contributed by atoms with van der Waals surface area (Å²) in [5.74, 6) is 0. The number of benzene rings is 2. The molecule has 1 unspecified atom stereocenters. The Kier molecular flexibility index (Phi) is 4.76. The van der Waals surface area contributed by atoms with E-state index in [9.17, 15) is 0 Å². The average molecular weight is 282 g/mol. The lowest BCUT2D eigenvalue weighted by molar-refractivity contribution is 0.533. The lowest BCUT2D eigenvalue weighted by Crippen LogP contribution is -2.27. The van der Waals surface area contributed by atoms with Crippen molar-refractivity contribution in [2.45, 2.75) is 38.6 Å². The zero-order valence-corrected chi connectivity index (χ0v) is 13.0. The molecule has 2 aromatic rings. The van der Waals surface area contributed by atoms with Crippen LogP contribution < -0.4 is 10.2 Å². The highest BCUT2D eigenvalue weighted by atomic mass is 15.1. The van der Waals surface area contributed by atoms with Gasteiger partial charge in [-0.15, -0.1) is 0 Å². The smallest absolute Gasteiger partial charge is 0.0445 e. The molecule has 0 aromatic heterocycles. The normalized spacial score (nSPS) is 18.2. The van der Waals surface area contributed by atoms with Gasteiger partial charge in [-0.05, 0) is 50.6 Å². The van der Waals surface area contributed by atoms with Gasteiger partial charge in [-0.3, -0.25) is 0 Å². The van der Waals surface area contributed by atoms with E-state index in [-0.39, 0.29) is 0 Å². The van der Waals surface area contributed by atoms with Crippen molar-refractivity contribution in [2.75, 3.05) is 24.5 Å². The molecule has 0 spiro atoms. The molecule has 2 heteroatoms. The predicted octanol–water partition coefficient (Wildman–Crippen LogP) is 4.20. The Balaban J connectivity index is 1.69. The summed E-state index contributed by atoms with van der Waals surface area (Å²) >= 11 is 0. The molecule has 0 radical (unpaired) electrons. The van der Waals surface area contributed by atoms with Crippen molar-refractivity contribution >= 4 is 16.5 Å². The molecule has 21 heavy (non-hydrogen) atoms. The second-order valence-corrected chi connectivity index (χ2v) is 6.01. The molecule has 0 saturated carbocycles. The molecular formula is C19H26N2. The molecule has 1 heterocycles. The molecule has 2 aromatic carbocycles. The van der Waals surface area contributed by atoms with Gasteiger partial charge in [0.25, 0.3) is 0 Å². The first-order valence-corrected chi connectivity index (χ1v) is 8.34. The Hall–Kier alpha value is -1.54. The number of rotatable bonds is 6. The Morgan fingerprint density at radius 2 is 2.00 bits per heavy atom. The molecule has 3 rings (SSSR count). The van der Waals surface area contributed by atoms with E-state index in [4.69, 9.17) is 0 Å². The van der Waals surface area contributed by atoms with E-state index in [1.54, 1.807) is 0 Å². The Labute approximate surface area is 128 Å². The minimum atomic E-state index is 0.760. The molecule has 1 aliphatic rings. The Morgan fingerprint density at radius 1 is 1.14 bits per heavy atom. The van der Waals surface area contributed by atoms with Gasteiger partial charge >= 0.3 is 0 Å². The van der Waals surface area contributed by atoms with E-state index >= 15 is 0 Å². The van der Waals surface area contributed by atoms with E-state index < -0.39 is 0 Å². The summed E-state index contributed by atoms with van der Waals surface area (Å²) in [6, 6.07) is 16.1. The Bertz CT molecular complexity index is 567. The van der Waals surface area contributed by atoms with Gasteiger partial charge in [0.15, 0.2) is 0 Å². The van der Waals surface area contributed by atoms with Gasteiger partial charge in [0, 0.05) is 30.2 Å². The summed E-state index contributed by atoms with van der Waals surface area (Å²) in [4.78, 5) is 2.53. The van der Waals surface area contributed by atoms with Crippen LogP contribution in [0.15, 0.2) is 42.5 Å². The van der Waals surface area contributed by atoms with E-state index in [1.165, 1.54) is 48.7 Å². The maximum Gasteiger partial charge on any atom is 0.0445 e. The van der Waals surface area contributed by atoms with Crippen LogP contribution in [0, 0.1) is 0 Å². The Morgan fingerprint density at radius 3 is 2.81 bits per heavy atom. The number of fused-ring (bicyclic) bond motifs is 1. The zero-order valence-electron chi connectivity index (χ0n) is 13.0. The average Bonchev–Trinajstić information content (AvgIpc) is 3.05. The van der Waals surface area contributed by atoms with Gasteiger partial charge in [0.2, 0.25) is 0 Å². The number of nitrogens with zero attached hydrogens (tertiary/aromatic N) is 1. The van der Waals surface area contributed by atoms with Crippen LogP contribution in [0.3, 0.4) is 0 Å². The monoisotopic (exact) mass is 282 g/mol. The number of anilines is 1. The number of nitrogens with one attached hydrogen (secondary N) is 1. The van der Waals surface area contributed by atoms with Crippen molar-refractivity contribution in [3.05, 3.63) is 42.5 Å². The lowest BCUT2D eigenvalue weighted by Gasteiger charge is -2.25. The molecular weight excluding hydrogens is 256 g/mol. The standard InChI is InChI=1S/C19H26N2/c1-2-21(15-7-11-17-10-6-14-20-17)19-13-5-9-16-8-3-4-12-18(16)19/h3-5,8-9,12-13,17,20H,2,6-7,10-11,14-15H2,1H3. The van der Waals surface area contributed by atoms with E-state index in [0.717, 1.165) is 19.1 Å². The fourth-order valence-corrected chi connectivity index (χ4v) is 3.46. The van der Waals surface area contributed by atoms with Crippen LogP contribution in [0.4, 0.5) is 5.69 Å². The van der Waals surface area contributed by atoms with Crippen molar-refractivity contribution in [1.29, 1.82) is 0 Å². The molecule has 2 nitrogen and oxygen atoms in total. The molecule has 1 aliphatic heterocycles. The first-order chi connectivity index (χ1) is 10.4. The van der Waals surface area contributed by atoms with Crippen molar-refractivity contribution in [1.82, 2.24) is 5.32 Å². The first kappa shape index (κ1) is 14.4. The summed E-state index contributed by atoms with van der Waals surface area (Å²) in [5.41, 5.74) is 1.38. The zero-order chi connectivity index (χ0) is 14.5. The maximum atomic E-state index is 3.60. The first-order valence-electron chi connectivity index (χ1n) is 8.34. The number of hydrogen-bond acceptors (Lipinski definition) is 2. The minimum absolute atomic E-state index is 0.760.